The normalized spacial score (nSPS) is 10.8. The van der Waals surface area contributed by atoms with Crippen LogP contribution in [0.25, 0.3) is 11.4 Å². The highest BCUT2D eigenvalue weighted by Crippen LogP contribution is 2.27. The lowest BCUT2D eigenvalue weighted by atomic mass is 10.1. The second-order valence-electron chi connectivity index (χ2n) is 5.50. The number of nitrogens with one attached hydrogen (secondary N) is 1. The van der Waals surface area contributed by atoms with Crippen molar-refractivity contribution < 1.29 is 4.74 Å². The summed E-state index contributed by atoms with van der Waals surface area (Å²) >= 11 is 11.9. The Morgan fingerprint density at radius 1 is 1.08 bits per heavy atom. The van der Waals surface area contributed by atoms with Gasteiger partial charge in [-0.05, 0) is 31.5 Å². The smallest absolute Gasteiger partial charge is 0.181 e. The number of nitrogens with zero attached hydrogens (tertiary/aromatic N) is 2. The first-order chi connectivity index (χ1) is 11.6. The summed E-state index contributed by atoms with van der Waals surface area (Å²) in [7, 11) is 0. The molecule has 4 nitrogen and oxygen atoms in total. The van der Waals surface area contributed by atoms with Crippen LogP contribution in [0.5, 0.6) is 5.75 Å². The minimum absolute atomic E-state index is 0.517. The molecule has 1 N–H and O–H groups in total. The second kappa shape index (κ2) is 7.69. The molecule has 0 spiro atoms. The number of rotatable bonds is 6. The van der Waals surface area contributed by atoms with Gasteiger partial charge in [0, 0.05) is 17.0 Å². The number of aromatic amines is 1. The SMILES string of the molecule is Cc1ccc(-c2n[nH]c(CCCOc3ccc(Cl)cc3Cl)n2)cc1. The molecule has 1 aromatic heterocycles. The first-order valence-electron chi connectivity index (χ1n) is 7.68. The van der Waals surface area contributed by atoms with E-state index in [2.05, 4.69) is 34.2 Å². The molecule has 0 bridgehead atoms. The van der Waals surface area contributed by atoms with Crippen molar-refractivity contribution in [2.24, 2.45) is 0 Å². The van der Waals surface area contributed by atoms with Gasteiger partial charge in [-0.15, -0.1) is 0 Å². The summed E-state index contributed by atoms with van der Waals surface area (Å²) in [6, 6.07) is 13.3. The van der Waals surface area contributed by atoms with Gasteiger partial charge < -0.3 is 4.74 Å². The maximum atomic E-state index is 6.07. The summed E-state index contributed by atoms with van der Waals surface area (Å²) in [6.45, 7) is 2.60. The highest BCUT2D eigenvalue weighted by Gasteiger charge is 2.06. The van der Waals surface area contributed by atoms with E-state index < -0.39 is 0 Å². The largest absolute Gasteiger partial charge is 0.492 e. The third kappa shape index (κ3) is 4.28. The van der Waals surface area contributed by atoms with E-state index >= 15 is 0 Å². The van der Waals surface area contributed by atoms with Crippen LogP contribution in [-0.4, -0.2) is 21.8 Å². The van der Waals surface area contributed by atoms with Gasteiger partial charge in [-0.1, -0.05) is 53.0 Å². The predicted molar refractivity (Wildman–Crippen MR) is 96.8 cm³/mol. The Morgan fingerprint density at radius 2 is 1.88 bits per heavy atom. The minimum Gasteiger partial charge on any atom is -0.492 e. The number of benzene rings is 2. The molecule has 0 fully saturated rings. The number of hydrogen-bond donors (Lipinski definition) is 1. The standard InChI is InChI=1S/C18H17Cl2N3O/c1-12-4-6-13(7-5-12)18-21-17(22-23-18)3-2-10-24-16-9-8-14(19)11-15(16)20/h4-9,11H,2-3,10H2,1H3,(H,21,22,23). The number of aryl methyl sites for hydroxylation is 2. The zero-order valence-electron chi connectivity index (χ0n) is 13.2. The van der Waals surface area contributed by atoms with Crippen molar-refractivity contribution in [1.29, 1.82) is 0 Å². The highest BCUT2D eigenvalue weighted by molar-refractivity contribution is 6.35. The lowest BCUT2D eigenvalue weighted by Gasteiger charge is -2.07. The Morgan fingerprint density at radius 3 is 2.62 bits per heavy atom. The average molecular weight is 362 g/mol. The molecule has 0 aliphatic rings. The van der Waals surface area contributed by atoms with Crippen LogP contribution >= 0.6 is 23.2 Å². The van der Waals surface area contributed by atoms with Crippen molar-refractivity contribution in [1.82, 2.24) is 15.2 Å². The number of halogens is 2. The molecular formula is C18H17Cl2N3O. The molecule has 0 saturated heterocycles. The van der Waals surface area contributed by atoms with Crippen LogP contribution in [0.15, 0.2) is 42.5 Å². The zero-order chi connectivity index (χ0) is 16.9. The molecule has 0 radical (unpaired) electrons. The molecular weight excluding hydrogens is 345 g/mol. The van der Waals surface area contributed by atoms with Crippen LogP contribution in [0, 0.1) is 6.92 Å². The summed E-state index contributed by atoms with van der Waals surface area (Å²) in [5.41, 5.74) is 2.22. The van der Waals surface area contributed by atoms with Crippen LogP contribution in [0.1, 0.15) is 17.8 Å². The van der Waals surface area contributed by atoms with Gasteiger partial charge in [-0.3, -0.25) is 5.10 Å². The fourth-order valence-corrected chi connectivity index (χ4v) is 2.72. The molecule has 0 unspecified atom stereocenters. The molecule has 1 heterocycles. The van der Waals surface area contributed by atoms with Gasteiger partial charge in [0.15, 0.2) is 5.82 Å². The van der Waals surface area contributed by atoms with Gasteiger partial charge in [0.2, 0.25) is 0 Å². The van der Waals surface area contributed by atoms with E-state index in [9.17, 15) is 0 Å². The molecule has 0 saturated carbocycles. The molecule has 124 valence electrons. The van der Waals surface area contributed by atoms with Gasteiger partial charge in [0.1, 0.15) is 11.6 Å². The molecule has 0 aliphatic heterocycles. The van der Waals surface area contributed by atoms with Gasteiger partial charge in [0.25, 0.3) is 0 Å². The number of H-pyrrole nitrogens is 1. The fraction of sp³-hybridized carbons (Fsp3) is 0.222. The predicted octanol–water partition coefficient (Wildman–Crippen LogP) is 5.10. The van der Waals surface area contributed by atoms with E-state index in [1.54, 1.807) is 18.2 Å². The van der Waals surface area contributed by atoms with Crippen molar-refractivity contribution in [2.75, 3.05) is 6.61 Å². The topological polar surface area (TPSA) is 50.8 Å². The number of hydrogen-bond acceptors (Lipinski definition) is 3. The summed E-state index contributed by atoms with van der Waals surface area (Å²) in [5.74, 6) is 2.20. The van der Waals surface area contributed by atoms with Gasteiger partial charge in [-0.25, -0.2) is 4.98 Å². The Hall–Kier alpha value is -2.04. The van der Waals surface area contributed by atoms with E-state index in [4.69, 9.17) is 27.9 Å². The second-order valence-corrected chi connectivity index (χ2v) is 6.34. The third-order valence-electron chi connectivity index (χ3n) is 3.55. The van der Waals surface area contributed by atoms with Crippen molar-refractivity contribution >= 4 is 23.2 Å². The van der Waals surface area contributed by atoms with Crippen LogP contribution < -0.4 is 4.74 Å². The van der Waals surface area contributed by atoms with Crippen LogP contribution in [-0.2, 0) is 6.42 Å². The van der Waals surface area contributed by atoms with Crippen LogP contribution in [0.2, 0.25) is 10.0 Å². The van der Waals surface area contributed by atoms with Crippen molar-refractivity contribution in [3.05, 3.63) is 63.9 Å². The van der Waals surface area contributed by atoms with Gasteiger partial charge >= 0.3 is 0 Å². The molecule has 3 aromatic rings. The monoisotopic (exact) mass is 361 g/mol. The Labute approximate surface area is 150 Å². The Balaban J connectivity index is 1.51. The molecule has 0 aliphatic carbocycles. The van der Waals surface area contributed by atoms with E-state index in [-0.39, 0.29) is 0 Å². The van der Waals surface area contributed by atoms with E-state index in [0.717, 1.165) is 24.2 Å². The minimum atomic E-state index is 0.517. The van der Waals surface area contributed by atoms with Crippen LogP contribution in [0.4, 0.5) is 0 Å². The maximum absolute atomic E-state index is 6.07. The van der Waals surface area contributed by atoms with E-state index in [1.807, 2.05) is 12.1 Å². The van der Waals surface area contributed by atoms with Crippen molar-refractivity contribution in [2.45, 2.75) is 19.8 Å². The quantitative estimate of drug-likeness (QED) is 0.621. The summed E-state index contributed by atoms with van der Waals surface area (Å²) < 4.78 is 5.67. The maximum Gasteiger partial charge on any atom is 0.181 e. The molecule has 24 heavy (non-hydrogen) atoms. The lowest BCUT2D eigenvalue weighted by molar-refractivity contribution is 0.310. The number of ether oxygens (including phenoxy) is 1. The summed E-state index contributed by atoms with van der Waals surface area (Å²) in [5, 5.41) is 8.35. The summed E-state index contributed by atoms with van der Waals surface area (Å²) in [4.78, 5) is 4.52. The molecule has 0 atom stereocenters. The average Bonchev–Trinajstić information content (AvgIpc) is 3.03. The first kappa shape index (κ1) is 16.8. The zero-order valence-corrected chi connectivity index (χ0v) is 14.7. The van der Waals surface area contributed by atoms with E-state index in [1.165, 1.54) is 5.56 Å². The van der Waals surface area contributed by atoms with Gasteiger partial charge in [-0.2, -0.15) is 5.10 Å². The molecule has 0 amide bonds. The summed E-state index contributed by atoms with van der Waals surface area (Å²) in [6.07, 6.45) is 1.56. The number of aromatic nitrogens is 3. The highest BCUT2D eigenvalue weighted by atomic mass is 35.5. The van der Waals surface area contributed by atoms with E-state index in [0.29, 0.717) is 28.2 Å². The fourth-order valence-electron chi connectivity index (χ4n) is 2.25. The van der Waals surface area contributed by atoms with Crippen molar-refractivity contribution in [3.8, 4) is 17.1 Å². The van der Waals surface area contributed by atoms with Gasteiger partial charge in [0.05, 0.1) is 11.6 Å². The molecule has 6 heteroatoms. The lowest BCUT2D eigenvalue weighted by Crippen LogP contribution is -2.00. The third-order valence-corrected chi connectivity index (χ3v) is 4.08. The molecule has 3 rings (SSSR count). The Kier molecular flexibility index (Phi) is 5.38. The van der Waals surface area contributed by atoms with Crippen molar-refractivity contribution in [3.63, 3.8) is 0 Å². The first-order valence-corrected chi connectivity index (χ1v) is 8.43. The Bertz CT molecular complexity index is 815. The van der Waals surface area contributed by atoms with Crippen LogP contribution in [0.3, 0.4) is 0 Å². The molecule has 2 aromatic carbocycles.